The lowest BCUT2D eigenvalue weighted by Gasteiger charge is -2.21. The smallest absolute Gasteiger partial charge is 0.169 e. The van der Waals surface area contributed by atoms with Crippen LogP contribution in [0, 0.1) is 5.82 Å². The maximum atomic E-state index is 14.3. The van der Waals surface area contributed by atoms with Crippen molar-refractivity contribution in [3.05, 3.63) is 46.2 Å². The topological polar surface area (TPSA) is 64.1 Å². The summed E-state index contributed by atoms with van der Waals surface area (Å²) < 4.78 is 14.3. The minimum Gasteiger partial charge on any atom is -0.397 e. The van der Waals surface area contributed by atoms with Crippen LogP contribution in [-0.4, -0.2) is 0 Å². The number of nitrogens with two attached hydrogens (primary N) is 2. The van der Waals surface area contributed by atoms with Gasteiger partial charge in [0.1, 0.15) is 5.02 Å². The minimum absolute atomic E-state index is 0.100. The molecule has 0 fully saturated rings. The Kier molecular flexibility index (Phi) is 3.64. The lowest BCUT2D eigenvalue weighted by Crippen LogP contribution is -2.08. The van der Waals surface area contributed by atoms with Crippen molar-refractivity contribution < 1.29 is 4.39 Å². The maximum Gasteiger partial charge on any atom is 0.169 e. The molecule has 0 bridgehead atoms. The Morgan fingerprint density at radius 1 is 1.10 bits per heavy atom. The van der Waals surface area contributed by atoms with Gasteiger partial charge in [-0.3, -0.25) is 0 Å². The predicted octanol–water partition coefficient (Wildman–Crippen LogP) is 4.27. The molecule has 3 nitrogen and oxygen atoms in total. The van der Waals surface area contributed by atoms with Crippen molar-refractivity contribution in [1.82, 2.24) is 0 Å². The summed E-state index contributed by atoms with van der Waals surface area (Å²) in [5, 5.41) is 3.00. The largest absolute Gasteiger partial charge is 0.397 e. The van der Waals surface area contributed by atoms with Crippen molar-refractivity contribution in [3.8, 4) is 0 Å². The van der Waals surface area contributed by atoms with E-state index in [1.165, 1.54) is 23.6 Å². The van der Waals surface area contributed by atoms with Gasteiger partial charge in [0.2, 0.25) is 0 Å². The van der Waals surface area contributed by atoms with Gasteiger partial charge in [-0.1, -0.05) is 23.7 Å². The van der Waals surface area contributed by atoms with Gasteiger partial charge in [0.05, 0.1) is 17.1 Å². The second kappa shape index (κ2) is 5.45. The van der Waals surface area contributed by atoms with Crippen LogP contribution in [0.1, 0.15) is 24.0 Å². The molecule has 0 aliphatic heterocycles. The van der Waals surface area contributed by atoms with E-state index in [2.05, 4.69) is 11.4 Å². The fraction of sp³-hybridized carbons (Fsp3) is 0.250. The van der Waals surface area contributed by atoms with Gasteiger partial charge in [-0.25, -0.2) is 4.39 Å². The van der Waals surface area contributed by atoms with Crippen LogP contribution >= 0.6 is 11.6 Å². The molecule has 110 valence electrons. The molecule has 5 heteroatoms. The number of nitrogens with one attached hydrogen (secondary N) is 1. The first-order valence-corrected chi connectivity index (χ1v) is 7.36. The SMILES string of the molecule is Nc1cc(N)c(Nc2cccc3c2CCCC3)c(F)c1Cl. The summed E-state index contributed by atoms with van der Waals surface area (Å²) in [6, 6.07) is 7.51. The first-order valence-electron chi connectivity index (χ1n) is 6.98. The quantitative estimate of drug-likeness (QED) is 0.726. The highest BCUT2D eigenvalue weighted by Crippen LogP contribution is 2.37. The van der Waals surface area contributed by atoms with Crippen LogP contribution in [-0.2, 0) is 12.8 Å². The Morgan fingerprint density at radius 2 is 1.86 bits per heavy atom. The van der Waals surface area contributed by atoms with Crippen LogP contribution in [0.5, 0.6) is 0 Å². The first kappa shape index (κ1) is 14.0. The lowest BCUT2D eigenvalue weighted by atomic mass is 9.90. The molecule has 0 radical (unpaired) electrons. The Labute approximate surface area is 128 Å². The molecule has 0 spiro atoms. The molecule has 5 N–H and O–H groups in total. The number of anilines is 4. The Hall–Kier alpha value is -1.94. The van der Waals surface area contributed by atoms with E-state index in [1.807, 2.05) is 12.1 Å². The summed E-state index contributed by atoms with van der Waals surface area (Å²) in [7, 11) is 0. The number of halogens is 2. The van der Waals surface area contributed by atoms with E-state index in [4.69, 9.17) is 23.1 Å². The molecule has 0 amide bonds. The fourth-order valence-electron chi connectivity index (χ4n) is 2.83. The summed E-state index contributed by atoms with van der Waals surface area (Å²) in [5.74, 6) is -0.609. The highest BCUT2D eigenvalue weighted by molar-refractivity contribution is 6.33. The van der Waals surface area contributed by atoms with Gasteiger partial charge in [-0.05, 0) is 48.9 Å². The molecule has 0 atom stereocenters. The number of aryl methyl sites for hydroxylation is 1. The summed E-state index contributed by atoms with van der Waals surface area (Å²) in [6.45, 7) is 0. The molecule has 0 aromatic heterocycles. The van der Waals surface area contributed by atoms with Gasteiger partial charge in [-0.2, -0.15) is 0 Å². The number of nitrogen functional groups attached to an aromatic ring is 2. The van der Waals surface area contributed by atoms with Crippen LogP contribution < -0.4 is 16.8 Å². The molecule has 1 aliphatic carbocycles. The zero-order chi connectivity index (χ0) is 15.0. The van der Waals surface area contributed by atoms with Crippen molar-refractivity contribution >= 4 is 34.4 Å². The number of hydrogen-bond donors (Lipinski definition) is 3. The summed E-state index contributed by atoms with van der Waals surface area (Å²) in [5.41, 5.74) is 15.5. The normalized spacial score (nSPS) is 13.8. The molecule has 2 aromatic rings. The molecule has 0 unspecified atom stereocenters. The average molecular weight is 306 g/mol. The van der Waals surface area contributed by atoms with Crippen molar-refractivity contribution in [2.45, 2.75) is 25.7 Å². The third-order valence-electron chi connectivity index (χ3n) is 3.92. The summed E-state index contributed by atoms with van der Waals surface area (Å²) in [6.07, 6.45) is 4.39. The Morgan fingerprint density at radius 3 is 2.67 bits per heavy atom. The summed E-state index contributed by atoms with van der Waals surface area (Å²) in [4.78, 5) is 0. The second-order valence-electron chi connectivity index (χ2n) is 5.33. The van der Waals surface area contributed by atoms with E-state index in [0.29, 0.717) is 0 Å². The molecule has 2 aromatic carbocycles. The average Bonchev–Trinajstić information content (AvgIpc) is 2.49. The van der Waals surface area contributed by atoms with Crippen molar-refractivity contribution in [2.75, 3.05) is 16.8 Å². The highest BCUT2D eigenvalue weighted by Gasteiger charge is 2.17. The lowest BCUT2D eigenvalue weighted by molar-refractivity contribution is 0.633. The maximum absolute atomic E-state index is 14.3. The number of fused-ring (bicyclic) bond motifs is 1. The van der Waals surface area contributed by atoms with E-state index in [0.717, 1.165) is 24.9 Å². The van der Waals surface area contributed by atoms with Crippen molar-refractivity contribution in [3.63, 3.8) is 0 Å². The van der Waals surface area contributed by atoms with Crippen LogP contribution in [0.4, 0.5) is 27.1 Å². The van der Waals surface area contributed by atoms with Gasteiger partial charge in [0, 0.05) is 5.69 Å². The van der Waals surface area contributed by atoms with Gasteiger partial charge in [0.25, 0.3) is 0 Å². The summed E-state index contributed by atoms with van der Waals surface area (Å²) >= 11 is 5.87. The zero-order valence-corrected chi connectivity index (χ0v) is 12.3. The fourth-order valence-corrected chi connectivity index (χ4v) is 2.98. The van der Waals surface area contributed by atoms with Crippen LogP contribution in [0.25, 0.3) is 0 Å². The van der Waals surface area contributed by atoms with Gasteiger partial charge in [-0.15, -0.1) is 0 Å². The molecule has 0 saturated carbocycles. The van der Waals surface area contributed by atoms with E-state index in [9.17, 15) is 4.39 Å². The molecule has 0 saturated heterocycles. The van der Waals surface area contributed by atoms with Crippen molar-refractivity contribution in [2.24, 2.45) is 0 Å². The zero-order valence-electron chi connectivity index (χ0n) is 11.5. The van der Waals surface area contributed by atoms with Crippen molar-refractivity contribution in [1.29, 1.82) is 0 Å². The predicted molar refractivity (Wildman–Crippen MR) is 86.6 cm³/mol. The molecular formula is C16H17ClFN3. The van der Waals surface area contributed by atoms with E-state index in [1.54, 1.807) is 0 Å². The van der Waals surface area contributed by atoms with Crippen LogP contribution in [0.15, 0.2) is 24.3 Å². The molecule has 0 heterocycles. The van der Waals surface area contributed by atoms with E-state index >= 15 is 0 Å². The number of hydrogen-bond acceptors (Lipinski definition) is 3. The van der Waals surface area contributed by atoms with E-state index < -0.39 is 5.82 Å². The molecular weight excluding hydrogens is 289 g/mol. The number of rotatable bonds is 2. The number of benzene rings is 2. The highest BCUT2D eigenvalue weighted by atomic mass is 35.5. The van der Waals surface area contributed by atoms with Gasteiger partial charge < -0.3 is 16.8 Å². The Balaban J connectivity index is 2.04. The third-order valence-corrected chi connectivity index (χ3v) is 4.31. The van der Waals surface area contributed by atoms with E-state index in [-0.39, 0.29) is 22.1 Å². The second-order valence-corrected chi connectivity index (χ2v) is 5.71. The Bertz CT molecular complexity index is 700. The first-order chi connectivity index (χ1) is 10.1. The van der Waals surface area contributed by atoms with Crippen LogP contribution in [0.3, 0.4) is 0 Å². The third kappa shape index (κ3) is 2.51. The molecule has 3 rings (SSSR count). The van der Waals surface area contributed by atoms with Crippen LogP contribution in [0.2, 0.25) is 5.02 Å². The monoisotopic (exact) mass is 305 g/mol. The molecule has 1 aliphatic rings. The molecule has 21 heavy (non-hydrogen) atoms. The van der Waals surface area contributed by atoms with Gasteiger partial charge >= 0.3 is 0 Å². The standard InChI is InChI=1S/C16H17ClFN3/c17-14-11(19)8-12(20)16(15(14)18)21-13-7-3-5-9-4-1-2-6-10(9)13/h3,5,7-8,21H,1-2,4,6,19-20H2. The minimum atomic E-state index is -0.609. The van der Waals surface area contributed by atoms with Gasteiger partial charge in [0.15, 0.2) is 5.82 Å².